The Balaban J connectivity index is 1.91. The molecule has 0 aliphatic carbocycles. The second-order valence-corrected chi connectivity index (χ2v) is 10.1. The van der Waals surface area contributed by atoms with E-state index in [-0.39, 0.29) is 29.2 Å². The highest BCUT2D eigenvalue weighted by molar-refractivity contribution is 7.89. The fraction of sp³-hybridized carbons (Fsp3) is 0.435. The fourth-order valence-electron chi connectivity index (χ4n) is 3.02. The number of sulfonamides is 1. The molecule has 0 saturated carbocycles. The van der Waals surface area contributed by atoms with Crippen LogP contribution in [-0.4, -0.2) is 47.0 Å². The Hall–Kier alpha value is -2.58. The summed E-state index contributed by atoms with van der Waals surface area (Å²) in [6, 6.07) is 12.5. The monoisotopic (exact) mass is 448 g/mol. The molecule has 1 amide bonds. The first kappa shape index (κ1) is 24.7. The minimum Gasteiger partial charge on any atom is -0.493 e. The van der Waals surface area contributed by atoms with Crippen molar-refractivity contribution >= 4 is 15.9 Å². The van der Waals surface area contributed by atoms with Crippen LogP contribution in [0.1, 0.15) is 38.3 Å². The number of ether oxygens (including phenoxy) is 2. The van der Waals surface area contributed by atoms with Gasteiger partial charge in [0.05, 0.1) is 19.1 Å². The van der Waals surface area contributed by atoms with Gasteiger partial charge in [-0.15, -0.1) is 0 Å². The molecular weight excluding hydrogens is 416 g/mol. The molecule has 0 spiro atoms. The minimum absolute atomic E-state index is 0.00279. The SMILES string of the molecule is COc1ccc(S(=O)(=O)NCCC(=O)N(C)Cc2ccc(C(C)(C)C)cc2)cc1OC. The Kier molecular flexibility index (Phi) is 8.08. The maximum absolute atomic E-state index is 12.5. The summed E-state index contributed by atoms with van der Waals surface area (Å²) in [6.45, 7) is 6.93. The predicted octanol–water partition coefficient (Wildman–Crippen LogP) is 3.33. The summed E-state index contributed by atoms with van der Waals surface area (Å²) in [5.74, 6) is 0.613. The topological polar surface area (TPSA) is 84.9 Å². The van der Waals surface area contributed by atoms with E-state index in [0.29, 0.717) is 18.0 Å². The van der Waals surface area contributed by atoms with Crippen molar-refractivity contribution in [2.24, 2.45) is 0 Å². The average molecular weight is 449 g/mol. The van der Waals surface area contributed by atoms with E-state index in [4.69, 9.17) is 9.47 Å². The quantitative estimate of drug-likeness (QED) is 0.636. The second kappa shape index (κ2) is 10.2. The van der Waals surface area contributed by atoms with Gasteiger partial charge in [0.2, 0.25) is 15.9 Å². The van der Waals surface area contributed by atoms with Crippen molar-refractivity contribution in [3.05, 3.63) is 53.6 Å². The van der Waals surface area contributed by atoms with Crippen LogP contribution in [0.3, 0.4) is 0 Å². The van der Waals surface area contributed by atoms with Crippen LogP contribution >= 0.6 is 0 Å². The molecule has 0 aliphatic heterocycles. The highest BCUT2D eigenvalue weighted by atomic mass is 32.2. The molecule has 0 atom stereocenters. The van der Waals surface area contributed by atoms with Crippen molar-refractivity contribution in [3.8, 4) is 11.5 Å². The van der Waals surface area contributed by atoms with E-state index in [9.17, 15) is 13.2 Å². The van der Waals surface area contributed by atoms with Gasteiger partial charge in [-0.3, -0.25) is 4.79 Å². The van der Waals surface area contributed by atoms with E-state index < -0.39 is 10.0 Å². The molecule has 0 heterocycles. The third-order valence-electron chi connectivity index (χ3n) is 4.96. The van der Waals surface area contributed by atoms with Crippen LogP contribution in [0.15, 0.2) is 47.4 Å². The number of benzene rings is 2. The molecule has 2 aromatic carbocycles. The van der Waals surface area contributed by atoms with E-state index in [2.05, 4.69) is 37.6 Å². The molecule has 1 N–H and O–H groups in total. The standard InChI is InChI=1S/C23H32N2O5S/c1-23(2,3)18-9-7-17(8-10-18)16-25(4)22(26)13-14-24-31(27,28)19-11-12-20(29-5)21(15-19)30-6/h7-12,15,24H,13-14,16H2,1-6H3. The Labute approximate surface area is 185 Å². The lowest BCUT2D eigenvalue weighted by molar-refractivity contribution is -0.130. The molecule has 2 aromatic rings. The molecule has 0 bridgehead atoms. The molecule has 7 nitrogen and oxygen atoms in total. The van der Waals surface area contributed by atoms with Gasteiger partial charge in [0.1, 0.15) is 0 Å². The molecule has 0 saturated heterocycles. The summed E-state index contributed by atoms with van der Waals surface area (Å²) in [4.78, 5) is 14.1. The van der Waals surface area contributed by atoms with E-state index in [0.717, 1.165) is 5.56 Å². The zero-order valence-corrected chi connectivity index (χ0v) is 19.9. The summed E-state index contributed by atoms with van der Waals surface area (Å²) in [5, 5.41) is 0. The number of rotatable bonds is 9. The largest absolute Gasteiger partial charge is 0.493 e. The van der Waals surface area contributed by atoms with Crippen molar-refractivity contribution in [2.75, 3.05) is 27.8 Å². The van der Waals surface area contributed by atoms with E-state index in [1.165, 1.54) is 38.0 Å². The lowest BCUT2D eigenvalue weighted by atomic mass is 9.87. The normalized spacial score (nSPS) is 11.8. The van der Waals surface area contributed by atoms with Crippen LogP contribution in [0.4, 0.5) is 0 Å². The zero-order valence-electron chi connectivity index (χ0n) is 19.1. The molecule has 0 aliphatic rings. The highest BCUT2D eigenvalue weighted by Crippen LogP contribution is 2.29. The molecule has 0 fully saturated rings. The van der Waals surface area contributed by atoms with E-state index in [1.54, 1.807) is 11.9 Å². The van der Waals surface area contributed by atoms with Gasteiger partial charge in [0.15, 0.2) is 11.5 Å². The van der Waals surface area contributed by atoms with Gasteiger partial charge in [-0.1, -0.05) is 45.0 Å². The van der Waals surface area contributed by atoms with Crippen LogP contribution in [-0.2, 0) is 26.8 Å². The van der Waals surface area contributed by atoms with Gasteiger partial charge in [0, 0.05) is 32.6 Å². The van der Waals surface area contributed by atoms with Crippen LogP contribution in [0.5, 0.6) is 11.5 Å². The summed E-state index contributed by atoms with van der Waals surface area (Å²) < 4.78 is 37.8. The van der Waals surface area contributed by atoms with Gasteiger partial charge < -0.3 is 14.4 Å². The molecule has 31 heavy (non-hydrogen) atoms. The lowest BCUT2D eigenvalue weighted by Gasteiger charge is -2.21. The van der Waals surface area contributed by atoms with Crippen LogP contribution < -0.4 is 14.2 Å². The van der Waals surface area contributed by atoms with Gasteiger partial charge in [-0.25, -0.2) is 13.1 Å². The number of nitrogens with zero attached hydrogens (tertiary/aromatic N) is 1. The van der Waals surface area contributed by atoms with Crippen molar-refractivity contribution < 1.29 is 22.7 Å². The van der Waals surface area contributed by atoms with E-state index >= 15 is 0 Å². The average Bonchev–Trinajstić information content (AvgIpc) is 2.72. The molecule has 2 rings (SSSR count). The number of carbonyl (C=O) groups is 1. The first-order valence-corrected chi connectivity index (χ1v) is 11.5. The Morgan fingerprint density at radius 1 is 1.00 bits per heavy atom. The van der Waals surface area contributed by atoms with Gasteiger partial charge >= 0.3 is 0 Å². The van der Waals surface area contributed by atoms with E-state index in [1.807, 2.05) is 12.1 Å². The van der Waals surface area contributed by atoms with Crippen LogP contribution in [0.25, 0.3) is 0 Å². The Bertz CT molecular complexity index is 996. The Morgan fingerprint density at radius 2 is 1.61 bits per heavy atom. The second-order valence-electron chi connectivity index (χ2n) is 8.36. The number of carbonyl (C=O) groups excluding carboxylic acids is 1. The van der Waals surface area contributed by atoms with Crippen LogP contribution in [0.2, 0.25) is 0 Å². The molecule has 0 unspecified atom stereocenters. The predicted molar refractivity (Wildman–Crippen MR) is 121 cm³/mol. The summed E-state index contributed by atoms with van der Waals surface area (Å²) in [6.07, 6.45) is 0.0586. The van der Waals surface area contributed by atoms with Crippen molar-refractivity contribution in [2.45, 2.75) is 44.0 Å². The van der Waals surface area contributed by atoms with Crippen molar-refractivity contribution in [3.63, 3.8) is 0 Å². The third kappa shape index (κ3) is 6.70. The summed E-state index contributed by atoms with van der Waals surface area (Å²) in [7, 11) is 0.853. The number of nitrogens with one attached hydrogen (secondary N) is 1. The number of hydrogen-bond acceptors (Lipinski definition) is 5. The van der Waals surface area contributed by atoms with Gasteiger partial charge in [-0.05, 0) is 28.7 Å². The third-order valence-corrected chi connectivity index (χ3v) is 6.42. The highest BCUT2D eigenvalue weighted by Gasteiger charge is 2.18. The lowest BCUT2D eigenvalue weighted by Crippen LogP contribution is -2.32. The minimum atomic E-state index is -3.77. The summed E-state index contributed by atoms with van der Waals surface area (Å²) in [5.41, 5.74) is 2.33. The number of methoxy groups -OCH3 is 2. The first-order valence-electron chi connectivity index (χ1n) is 10.0. The maximum atomic E-state index is 12.5. The Morgan fingerprint density at radius 3 is 2.16 bits per heavy atom. The van der Waals surface area contributed by atoms with Crippen molar-refractivity contribution in [1.29, 1.82) is 0 Å². The molecule has 170 valence electrons. The molecule has 0 aromatic heterocycles. The fourth-order valence-corrected chi connectivity index (χ4v) is 4.07. The molecule has 8 heteroatoms. The molecular formula is C23H32N2O5S. The van der Waals surface area contributed by atoms with Crippen LogP contribution in [0, 0.1) is 0 Å². The maximum Gasteiger partial charge on any atom is 0.240 e. The smallest absolute Gasteiger partial charge is 0.240 e. The molecule has 0 radical (unpaired) electrons. The van der Waals surface area contributed by atoms with Gasteiger partial charge in [-0.2, -0.15) is 0 Å². The number of hydrogen-bond donors (Lipinski definition) is 1. The number of amides is 1. The first-order chi connectivity index (χ1) is 14.5. The van der Waals surface area contributed by atoms with Gasteiger partial charge in [0.25, 0.3) is 0 Å². The zero-order chi connectivity index (χ0) is 23.2. The summed E-state index contributed by atoms with van der Waals surface area (Å²) >= 11 is 0. The van der Waals surface area contributed by atoms with Crippen molar-refractivity contribution in [1.82, 2.24) is 9.62 Å².